The molecule has 1 aliphatic rings. The third-order valence-corrected chi connectivity index (χ3v) is 6.72. The van der Waals surface area contributed by atoms with Gasteiger partial charge in [0.05, 0.1) is 25.3 Å². The zero-order chi connectivity index (χ0) is 31.8. The van der Waals surface area contributed by atoms with E-state index in [1.807, 2.05) is 36.4 Å². The molecule has 0 bridgehead atoms. The summed E-state index contributed by atoms with van der Waals surface area (Å²) in [4.78, 5) is 16.4. The molecule has 228 valence electrons. The molecule has 2 unspecified atom stereocenters. The predicted octanol–water partition coefficient (Wildman–Crippen LogP) is 6.74. The average Bonchev–Trinajstić information content (AvgIpc) is 3.08. The molecule has 0 fully saturated rings. The molecular weight excluding hydrogens is 589 g/mol. The average molecular weight is 615 g/mol. The van der Waals surface area contributed by atoms with Crippen LogP contribution in [0.2, 0.25) is 0 Å². The van der Waals surface area contributed by atoms with Crippen molar-refractivity contribution in [3.63, 3.8) is 0 Å². The monoisotopic (exact) mass is 614 g/mol. The molecule has 1 aliphatic carbocycles. The van der Waals surface area contributed by atoms with Crippen molar-refractivity contribution < 1.29 is 41.7 Å². The van der Waals surface area contributed by atoms with Gasteiger partial charge < -0.3 is 23.7 Å². The Labute approximate surface area is 256 Å². The lowest BCUT2D eigenvalue weighted by Crippen LogP contribution is -2.53. The van der Waals surface area contributed by atoms with Gasteiger partial charge in [0.25, 0.3) is 11.8 Å². The zero-order valence-corrected chi connectivity index (χ0v) is 23.8. The number of esters is 1. The second kappa shape index (κ2) is 13.8. The van der Waals surface area contributed by atoms with Crippen molar-refractivity contribution in [1.29, 1.82) is 5.26 Å². The highest BCUT2D eigenvalue weighted by Crippen LogP contribution is 2.39. The SMILES string of the molecule is COC(=O)C1(OCc2ccccc2)C=CC=CC1Oc1c(F)c(F)nc(Oc2cc(C#N)ccc2OCc2ccccc2)c1F. The van der Waals surface area contributed by atoms with Gasteiger partial charge in [0.1, 0.15) is 6.61 Å². The number of nitriles is 1. The van der Waals surface area contributed by atoms with Crippen LogP contribution in [0.4, 0.5) is 13.2 Å². The lowest BCUT2D eigenvalue weighted by Gasteiger charge is -2.35. The van der Waals surface area contributed by atoms with Crippen LogP contribution in [-0.2, 0) is 27.5 Å². The van der Waals surface area contributed by atoms with E-state index in [-0.39, 0.29) is 30.3 Å². The van der Waals surface area contributed by atoms with Crippen molar-refractivity contribution in [2.45, 2.75) is 24.9 Å². The maximum absolute atomic E-state index is 15.9. The van der Waals surface area contributed by atoms with E-state index < -0.39 is 46.9 Å². The fraction of sp³-hybridized carbons (Fsp3) is 0.147. The summed E-state index contributed by atoms with van der Waals surface area (Å²) in [5.41, 5.74) is -0.387. The lowest BCUT2D eigenvalue weighted by atomic mass is 9.91. The van der Waals surface area contributed by atoms with Crippen LogP contribution in [-0.4, -0.2) is 29.8 Å². The van der Waals surface area contributed by atoms with Gasteiger partial charge in [-0.1, -0.05) is 72.8 Å². The van der Waals surface area contributed by atoms with Gasteiger partial charge in [0.15, 0.2) is 17.6 Å². The van der Waals surface area contributed by atoms with Crippen LogP contribution in [0.1, 0.15) is 16.7 Å². The number of benzene rings is 3. The molecule has 3 aromatic carbocycles. The van der Waals surface area contributed by atoms with Crippen molar-refractivity contribution in [2.75, 3.05) is 7.11 Å². The van der Waals surface area contributed by atoms with E-state index in [0.717, 1.165) is 12.7 Å². The minimum atomic E-state index is -2.00. The zero-order valence-electron chi connectivity index (χ0n) is 23.8. The number of rotatable bonds is 11. The number of aromatic nitrogens is 1. The molecule has 2 atom stereocenters. The summed E-state index contributed by atoms with van der Waals surface area (Å²) in [6.07, 6.45) is 4.07. The summed E-state index contributed by atoms with van der Waals surface area (Å²) in [5, 5.41) is 9.39. The van der Waals surface area contributed by atoms with Crippen LogP contribution in [0.15, 0.2) is 103 Å². The van der Waals surface area contributed by atoms with Gasteiger partial charge in [0.2, 0.25) is 23.0 Å². The third-order valence-electron chi connectivity index (χ3n) is 6.72. The summed E-state index contributed by atoms with van der Waals surface area (Å²) < 4.78 is 73.7. The summed E-state index contributed by atoms with van der Waals surface area (Å²) >= 11 is 0. The highest BCUT2D eigenvalue weighted by Gasteiger charge is 2.49. The molecule has 0 aliphatic heterocycles. The molecule has 0 saturated carbocycles. The van der Waals surface area contributed by atoms with Crippen molar-refractivity contribution in [2.24, 2.45) is 0 Å². The van der Waals surface area contributed by atoms with Gasteiger partial charge in [-0.15, -0.1) is 0 Å². The molecule has 45 heavy (non-hydrogen) atoms. The summed E-state index contributed by atoms with van der Waals surface area (Å²) in [7, 11) is 1.12. The lowest BCUT2D eigenvalue weighted by molar-refractivity contribution is -0.173. The van der Waals surface area contributed by atoms with Crippen LogP contribution < -0.4 is 14.2 Å². The molecule has 5 rings (SSSR count). The first-order valence-electron chi connectivity index (χ1n) is 13.6. The number of nitrogens with zero attached hydrogens (tertiary/aromatic N) is 2. The van der Waals surface area contributed by atoms with Gasteiger partial charge in [-0.05, 0) is 35.4 Å². The predicted molar refractivity (Wildman–Crippen MR) is 155 cm³/mol. The molecule has 0 spiro atoms. The van der Waals surface area contributed by atoms with E-state index in [1.54, 1.807) is 30.3 Å². The number of hydrogen-bond donors (Lipinski definition) is 0. The molecule has 1 heterocycles. The van der Waals surface area contributed by atoms with Crippen LogP contribution in [0.25, 0.3) is 0 Å². The Morgan fingerprint density at radius 3 is 2.27 bits per heavy atom. The van der Waals surface area contributed by atoms with Crippen molar-refractivity contribution in [3.05, 3.63) is 137 Å². The number of halogens is 3. The molecule has 0 N–H and O–H groups in total. The van der Waals surface area contributed by atoms with Gasteiger partial charge in [-0.2, -0.15) is 23.4 Å². The minimum absolute atomic E-state index is 0.0747. The topological polar surface area (TPSA) is 99.9 Å². The molecule has 8 nitrogen and oxygen atoms in total. The third kappa shape index (κ3) is 6.82. The Balaban J connectivity index is 1.47. The summed E-state index contributed by atoms with van der Waals surface area (Å²) in [6.45, 7) is -0.00964. The van der Waals surface area contributed by atoms with E-state index in [9.17, 15) is 14.4 Å². The number of allylic oxidation sites excluding steroid dienone is 2. The summed E-state index contributed by atoms with van der Waals surface area (Å²) in [6, 6.07) is 24.0. The minimum Gasteiger partial charge on any atom is -0.485 e. The second-order valence-electron chi connectivity index (χ2n) is 9.66. The maximum Gasteiger partial charge on any atom is 0.346 e. The van der Waals surface area contributed by atoms with Crippen molar-refractivity contribution >= 4 is 5.97 Å². The van der Waals surface area contributed by atoms with E-state index in [1.165, 1.54) is 42.5 Å². The highest BCUT2D eigenvalue weighted by molar-refractivity contribution is 5.84. The standard InChI is InChI=1S/C34H25F3N2O6/c1-41-33(40)34(43-21-23-12-6-3-7-13-23)17-9-8-14-27(34)45-30-28(35)31(37)39-32(29(30)36)44-26-18-24(19-38)15-16-25(26)42-20-22-10-4-2-5-11-22/h2-18,27H,20-21H2,1H3. The molecule has 4 aromatic rings. The molecule has 0 radical (unpaired) electrons. The van der Waals surface area contributed by atoms with E-state index in [0.29, 0.717) is 5.56 Å². The molecule has 0 saturated heterocycles. The number of pyridine rings is 1. The maximum atomic E-state index is 15.9. The smallest absolute Gasteiger partial charge is 0.346 e. The number of carbonyl (C=O) groups excluding carboxylic acids is 1. The van der Waals surface area contributed by atoms with E-state index in [4.69, 9.17) is 23.7 Å². The van der Waals surface area contributed by atoms with Crippen molar-refractivity contribution in [1.82, 2.24) is 4.98 Å². The van der Waals surface area contributed by atoms with Gasteiger partial charge in [0, 0.05) is 6.07 Å². The van der Waals surface area contributed by atoms with Crippen molar-refractivity contribution in [3.8, 4) is 29.2 Å². The Morgan fingerprint density at radius 2 is 1.60 bits per heavy atom. The Hall–Kier alpha value is -5.60. The largest absolute Gasteiger partial charge is 0.485 e. The summed E-state index contributed by atoms with van der Waals surface area (Å²) in [5.74, 6) is -8.30. The van der Waals surface area contributed by atoms with Crippen LogP contribution in [0.3, 0.4) is 0 Å². The van der Waals surface area contributed by atoms with Gasteiger partial charge in [-0.3, -0.25) is 0 Å². The fourth-order valence-corrected chi connectivity index (χ4v) is 4.43. The number of carbonyl (C=O) groups is 1. The van der Waals surface area contributed by atoms with E-state index in [2.05, 4.69) is 4.98 Å². The first kappa shape index (κ1) is 30.8. The Morgan fingerprint density at radius 1 is 0.911 bits per heavy atom. The Kier molecular flexibility index (Phi) is 9.46. The molecular formula is C34H25F3N2O6. The normalized spacial score (nSPS) is 16.9. The highest BCUT2D eigenvalue weighted by atomic mass is 19.2. The first-order chi connectivity index (χ1) is 21.8. The second-order valence-corrected chi connectivity index (χ2v) is 9.66. The van der Waals surface area contributed by atoms with Gasteiger partial charge in [-0.25, -0.2) is 4.79 Å². The van der Waals surface area contributed by atoms with Crippen LogP contribution in [0.5, 0.6) is 23.1 Å². The number of methoxy groups -OCH3 is 1. The number of ether oxygens (including phenoxy) is 5. The van der Waals surface area contributed by atoms with Crippen LogP contribution >= 0.6 is 0 Å². The van der Waals surface area contributed by atoms with Crippen LogP contribution in [0, 0.1) is 28.9 Å². The number of hydrogen-bond acceptors (Lipinski definition) is 8. The molecule has 1 aromatic heterocycles. The molecule has 11 heteroatoms. The fourth-order valence-electron chi connectivity index (χ4n) is 4.43. The quantitative estimate of drug-likeness (QED) is 0.135. The van der Waals surface area contributed by atoms with Gasteiger partial charge >= 0.3 is 5.97 Å². The molecule has 0 amide bonds. The Bertz CT molecular complexity index is 1780. The van der Waals surface area contributed by atoms with E-state index >= 15 is 8.78 Å². The first-order valence-corrected chi connectivity index (χ1v) is 13.6.